The van der Waals surface area contributed by atoms with Gasteiger partial charge in [0.05, 0.1) is 0 Å². The van der Waals surface area contributed by atoms with Gasteiger partial charge in [-0.1, -0.05) is 15.9 Å². The molecule has 0 amide bonds. The molecule has 4 heteroatoms. The molecule has 1 aromatic carbocycles. The zero-order chi connectivity index (χ0) is 10.1. The molecule has 0 N–H and O–H groups in total. The van der Waals surface area contributed by atoms with E-state index in [1.807, 2.05) is 11.3 Å². The van der Waals surface area contributed by atoms with E-state index in [9.17, 15) is 0 Å². The first-order chi connectivity index (χ1) is 6.76. The summed E-state index contributed by atoms with van der Waals surface area (Å²) in [5, 5.41) is 4.50. The number of thioether (sulfide) groups is 1. The Labute approximate surface area is 108 Å². The Morgan fingerprint density at radius 3 is 2.86 bits per heavy atom. The molecular formula is C10H8Br2S2. The molecule has 0 aliphatic carbocycles. The standard InChI is InChI=1S/C10H8Br2S2/c1-13-10-3-9-7(2-8(10)12)6(4-11)5-14-9/h2-3,5H,4H2,1H3. The van der Waals surface area contributed by atoms with Crippen LogP contribution < -0.4 is 0 Å². The van der Waals surface area contributed by atoms with Gasteiger partial charge in [-0.3, -0.25) is 0 Å². The summed E-state index contributed by atoms with van der Waals surface area (Å²) in [6.45, 7) is 0. The van der Waals surface area contributed by atoms with Crippen molar-refractivity contribution in [2.24, 2.45) is 0 Å². The monoisotopic (exact) mass is 350 g/mol. The first-order valence-electron chi connectivity index (χ1n) is 4.06. The summed E-state index contributed by atoms with van der Waals surface area (Å²) in [5.41, 5.74) is 1.37. The van der Waals surface area contributed by atoms with E-state index in [4.69, 9.17) is 0 Å². The van der Waals surface area contributed by atoms with E-state index in [2.05, 4.69) is 55.6 Å². The van der Waals surface area contributed by atoms with Crippen LogP contribution in [0.15, 0.2) is 26.9 Å². The van der Waals surface area contributed by atoms with Crippen molar-refractivity contribution in [3.05, 3.63) is 27.5 Å². The second kappa shape index (κ2) is 4.56. The molecule has 0 nitrogen and oxygen atoms in total. The predicted molar refractivity (Wildman–Crippen MR) is 73.9 cm³/mol. The summed E-state index contributed by atoms with van der Waals surface area (Å²) < 4.78 is 2.56. The van der Waals surface area contributed by atoms with Crippen molar-refractivity contribution < 1.29 is 0 Å². The van der Waals surface area contributed by atoms with Crippen molar-refractivity contribution in [2.75, 3.05) is 6.26 Å². The topological polar surface area (TPSA) is 0 Å². The summed E-state index contributed by atoms with van der Waals surface area (Å²) in [4.78, 5) is 1.31. The Kier molecular flexibility index (Phi) is 3.58. The molecule has 0 saturated heterocycles. The molecule has 2 rings (SSSR count). The summed E-state index contributed by atoms with van der Waals surface area (Å²) in [6, 6.07) is 4.47. The molecule has 0 unspecified atom stereocenters. The van der Waals surface area contributed by atoms with Gasteiger partial charge in [0, 0.05) is 19.4 Å². The number of benzene rings is 1. The van der Waals surface area contributed by atoms with Crippen LogP contribution in [0.3, 0.4) is 0 Å². The van der Waals surface area contributed by atoms with Crippen LogP contribution >= 0.6 is 55.0 Å². The van der Waals surface area contributed by atoms with Gasteiger partial charge in [-0.15, -0.1) is 23.1 Å². The minimum absolute atomic E-state index is 0.929. The van der Waals surface area contributed by atoms with Crippen LogP contribution in [-0.4, -0.2) is 6.26 Å². The molecule has 0 saturated carbocycles. The molecule has 14 heavy (non-hydrogen) atoms. The van der Waals surface area contributed by atoms with Gasteiger partial charge < -0.3 is 0 Å². The largest absolute Gasteiger partial charge is 0.143 e. The lowest BCUT2D eigenvalue weighted by atomic mass is 10.2. The minimum Gasteiger partial charge on any atom is -0.143 e. The van der Waals surface area contributed by atoms with Crippen LogP contribution in [0.1, 0.15) is 5.56 Å². The zero-order valence-electron chi connectivity index (χ0n) is 7.51. The van der Waals surface area contributed by atoms with E-state index >= 15 is 0 Å². The maximum absolute atomic E-state index is 3.59. The number of hydrogen-bond acceptors (Lipinski definition) is 2. The Balaban J connectivity index is 2.69. The predicted octanol–water partition coefficient (Wildman–Crippen LogP) is 5.28. The van der Waals surface area contributed by atoms with E-state index < -0.39 is 0 Å². The van der Waals surface area contributed by atoms with Gasteiger partial charge in [0.2, 0.25) is 0 Å². The highest BCUT2D eigenvalue weighted by Gasteiger charge is 2.06. The van der Waals surface area contributed by atoms with Gasteiger partial charge in [-0.2, -0.15) is 0 Å². The molecule has 0 radical (unpaired) electrons. The van der Waals surface area contributed by atoms with Crippen LogP contribution in [0.5, 0.6) is 0 Å². The van der Waals surface area contributed by atoms with Crippen LogP contribution in [0.4, 0.5) is 0 Å². The van der Waals surface area contributed by atoms with E-state index in [-0.39, 0.29) is 0 Å². The number of fused-ring (bicyclic) bond motifs is 1. The second-order valence-corrected chi connectivity index (χ2v) is 6.05. The summed E-state index contributed by atoms with van der Waals surface area (Å²) in [6.07, 6.45) is 2.10. The molecule has 1 heterocycles. The molecule has 2 aromatic rings. The Morgan fingerprint density at radius 2 is 2.21 bits per heavy atom. The number of thiophene rings is 1. The number of rotatable bonds is 2. The first kappa shape index (κ1) is 11.0. The first-order valence-corrected chi connectivity index (χ1v) is 8.07. The van der Waals surface area contributed by atoms with Crippen LogP contribution in [0.2, 0.25) is 0 Å². The van der Waals surface area contributed by atoms with Crippen molar-refractivity contribution in [3.8, 4) is 0 Å². The normalized spacial score (nSPS) is 11.1. The minimum atomic E-state index is 0.929. The molecule has 0 aliphatic heterocycles. The Bertz CT molecular complexity index is 462. The molecule has 0 aliphatic rings. The van der Waals surface area contributed by atoms with E-state index in [0.29, 0.717) is 0 Å². The summed E-state index contributed by atoms with van der Waals surface area (Å²) >= 11 is 10.7. The van der Waals surface area contributed by atoms with Crippen molar-refractivity contribution in [1.29, 1.82) is 0 Å². The lowest BCUT2D eigenvalue weighted by molar-refractivity contribution is 1.45. The SMILES string of the molecule is CSc1cc2scc(CBr)c2cc1Br. The van der Waals surface area contributed by atoms with Crippen LogP contribution in [-0.2, 0) is 5.33 Å². The second-order valence-electron chi connectivity index (χ2n) is 2.88. The van der Waals surface area contributed by atoms with Crippen LogP contribution in [0.25, 0.3) is 10.1 Å². The third-order valence-corrected chi connectivity index (χ3v) is 5.37. The van der Waals surface area contributed by atoms with Gasteiger partial charge in [0.1, 0.15) is 0 Å². The zero-order valence-corrected chi connectivity index (χ0v) is 12.3. The fourth-order valence-electron chi connectivity index (χ4n) is 1.34. The van der Waals surface area contributed by atoms with Crippen LogP contribution in [0, 0.1) is 0 Å². The van der Waals surface area contributed by atoms with Gasteiger partial charge >= 0.3 is 0 Å². The van der Waals surface area contributed by atoms with E-state index in [1.54, 1.807) is 11.8 Å². The number of hydrogen-bond donors (Lipinski definition) is 0. The van der Waals surface area contributed by atoms with Gasteiger partial charge in [-0.05, 0) is 50.6 Å². The van der Waals surface area contributed by atoms with Gasteiger partial charge in [0.15, 0.2) is 0 Å². The molecule has 1 aromatic heterocycles. The molecule has 0 bridgehead atoms. The molecule has 0 atom stereocenters. The van der Waals surface area contributed by atoms with Crippen molar-refractivity contribution in [2.45, 2.75) is 10.2 Å². The van der Waals surface area contributed by atoms with Crippen molar-refractivity contribution in [1.82, 2.24) is 0 Å². The highest BCUT2D eigenvalue weighted by Crippen LogP contribution is 2.35. The summed E-state index contributed by atoms with van der Waals surface area (Å²) in [5.74, 6) is 0. The Hall–Kier alpha value is 0.490. The fraction of sp³-hybridized carbons (Fsp3) is 0.200. The maximum Gasteiger partial charge on any atom is 0.0357 e. The van der Waals surface area contributed by atoms with Crippen molar-refractivity contribution >= 4 is 65.0 Å². The lowest BCUT2D eigenvalue weighted by Gasteiger charge is -2.01. The maximum atomic E-state index is 3.59. The quantitative estimate of drug-likeness (QED) is 0.523. The third kappa shape index (κ3) is 1.90. The highest BCUT2D eigenvalue weighted by molar-refractivity contribution is 9.10. The smallest absolute Gasteiger partial charge is 0.0357 e. The molecular weight excluding hydrogens is 344 g/mol. The van der Waals surface area contributed by atoms with Gasteiger partial charge in [-0.25, -0.2) is 0 Å². The van der Waals surface area contributed by atoms with E-state index in [1.165, 1.54) is 25.0 Å². The van der Waals surface area contributed by atoms with Gasteiger partial charge in [0.25, 0.3) is 0 Å². The Morgan fingerprint density at radius 1 is 1.43 bits per heavy atom. The lowest BCUT2D eigenvalue weighted by Crippen LogP contribution is -1.76. The van der Waals surface area contributed by atoms with E-state index in [0.717, 1.165) is 5.33 Å². The number of alkyl halides is 1. The average molecular weight is 352 g/mol. The highest BCUT2D eigenvalue weighted by atomic mass is 79.9. The molecule has 0 spiro atoms. The number of halogens is 2. The third-order valence-electron chi connectivity index (χ3n) is 2.07. The average Bonchev–Trinajstić information content (AvgIpc) is 2.58. The summed E-state index contributed by atoms with van der Waals surface area (Å²) in [7, 11) is 0. The van der Waals surface area contributed by atoms with Crippen molar-refractivity contribution in [3.63, 3.8) is 0 Å². The molecule has 74 valence electrons. The fourth-order valence-corrected chi connectivity index (χ4v) is 4.40. The molecule has 0 fully saturated rings.